The average molecular weight is 377 g/mol. The fourth-order valence-electron chi connectivity index (χ4n) is 3.50. The molecule has 0 bridgehead atoms. The Hall–Kier alpha value is -2.84. The van der Waals surface area contributed by atoms with Gasteiger partial charge in [-0.2, -0.15) is 0 Å². The van der Waals surface area contributed by atoms with E-state index in [4.69, 9.17) is 0 Å². The van der Waals surface area contributed by atoms with Crippen LogP contribution in [0.4, 0.5) is 5.82 Å². The fourth-order valence-corrected chi connectivity index (χ4v) is 4.15. The van der Waals surface area contributed by atoms with Gasteiger partial charge in [-0.15, -0.1) is 11.3 Å². The highest BCUT2D eigenvalue weighted by molar-refractivity contribution is 7.09. The van der Waals surface area contributed by atoms with E-state index in [-0.39, 0.29) is 0 Å². The van der Waals surface area contributed by atoms with Crippen molar-refractivity contribution in [1.29, 1.82) is 0 Å². The van der Waals surface area contributed by atoms with Gasteiger partial charge < -0.3 is 4.90 Å². The molecule has 0 saturated carbocycles. The maximum atomic E-state index is 4.66. The molecule has 0 unspecified atom stereocenters. The minimum absolute atomic E-state index is 0.893. The van der Waals surface area contributed by atoms with Crippen LogP contribution in [0.3, 0.4) is 0 Å². The van der Waals surface area contributed by atoms with Crippen molar-refractivity contribution in [3.63, 3.8) is 0 Å². The Labute approximate surface area is 161 Å². The molecule has 0 atom stereocenters. The summed E-state index contributed by atoms with van der Waals surface area (Å²) in [5.41, 5.74) is 2.98. The SMILES string of the molecule is c1cncc(-c2cnc3c(N4CCN(Cc5nccs5)CC4)nccn23)c1. The van der Waals surface area contributed by atoms with E-state index in [0.29, 0.717) is 0 Å². The number of nitrogens with zero attached hydrogens (tertiary/aromatic N) is 7. The van der Waals surface area contributed by atoms with E-state index >= 15 is 0 Å². The van der Waals surface area contributed by atoms with Crippen LogP contribution in [0.5, 0.6) is 0 Å². The predicted octanol–water partition coefficient (Wildman–Crippen LogP) is 2.57. The first-order valence-corrected chi connectivity index (χ1v) is 9.84. The first kappa shape index (κ1) is 16.3. The van der Waals surface area contributed by atoms with Crippen LogP contribution >= 0.6 is 11.3 Å². The van der Waals surface area contributed by atoms with E-state index in [0.717, 1.165) is 55.4 Å². The van der Waals surface area contributed by atoms with Crippen molar-refractivity contribution in [2.75, 3.05) is 31.1 Å². The molecule has 0 amide bonds. The maximum Gasteiger partial charge on any atom is 0.180 e. The molecule has 1 saturated heterocycles. The first-order valence-electron chi connectivity index (χ1n) is 8.96. The third-order valence-corrected chi connectivity index (χ3v) is 5.65. The summed E-state index contributed by atoms with van der Waals surface area (Å²) in [7, 11) is 0. The zero-order chi connectivity index (χ0) is 18.1. The Bertz CT molecular complexity index is 1020. The lowest BCUT2D eigenvalue weighted by Crippen LogP contribution is -2.46. The molecular weight excluding hydrogens is 358 g/mol. The molecule has 4 aromatic rings. The number of hydrogen-bond acceptors (Lipinski definition) is 7. The topological polar surface area (TPSA) is 62.5 Å². The van der Waals surface area contributed by atoms with Gasteiger partial charge in [0.05, 0.1) is 18.4 Å². The van der Waals surface area contributed by atoms with E-state index < -0.39 is 0 Å². The summed E-state index contributed by atoms with van der Waals surface area (Å²) < 4.78 is 2.10. The Morgan fingerprint density at radius 2 is 1.89 bits per heavy atom. The largest absolute Gasteiger partial charge is 0.351 e. The van der Waals surface area contributed by atoms with E-state index in [1.165, 1.54) is 5.01 Å². The molecule has 4 aromatic heterocycles. The zero-order valence-corrected chi connectivity index (χ0v) is 15.6. The number of piperazine rings is 1. The van der Waals surface area contributed by atoms with Gasteiger partial charge in [-0.1, -0.05) is 0 Å². The van der Waals surface area contributed by atoms with Gasteiger partial charge in [-0.05, 0) is 12.1 Å². The van der Waals surface area contributed by atoms with Crippen LogP contribution in [0.1, 0.15) is 5.01 Å². The Morgan fingerprint density at radius 1 is 0.963 bits per heavy atom. The van der Waals surface area contributed by atoms with Gasteiger partial charge in [0, 0.05) is 68.1 Å². The summed E-state index contributed by atoms with van der Waals surface area (Å²) in [4.78, 5) is 22.7. The second kappa shape index (κ2) is 7.05. The van der Waals surface area contributed by atoms with Crippen molar-refractivity contribution in [3.8, 4) is 11.3 Å². The van der Waals surface area contributed by atoms with Crippen LogP contribution in [0.15, 0.2) is 54.7 Å². The molecule has 5 heterocycles. The molecule has 136 valence electrons. The summed E-state index contributed by atoms with van der Waals surface area (Å²) in [6, 6.07) is 3.99. The van der Waals surface area contributed by atoms with Gasteiger partial charge in [0.15, 0.2) is 11.5 Å². The molecule has 0 spiro atoms. The fraction of sp³-hybridized carbons (Fsp3) is 0.263. The Kier molecular flexibility index (Phi) is 4.27. The maximum absolute atomic E-state index is 4.66. The number of hydrogen-bond donors (Lipinski definition) is 0. The molecule has 1 aliphatic rings. The number of fused-ring (bicyclic) bond motifs is 1. The van der Waals surface area contributed by atoms with Crippen molar-refractivity contribution < 1.29 is 0 Å². The second-order valence-electron chi connectivity index (χ2n) is 6.52. The van der Waals surface area contributed by atoms with Crippen molar-refractivity contribution in [2.24, 2.45) is 0 Å². The molecule has 0 aromatic carbocycles. The summed E-state index contributed by atoms with van der Waals surface area (Å²) in [6.07, 6.45) is 11.2. The third kappa shape index (κ3) is 3.17. The molecule has 8 heteroatoms. The predicted molar refractivity (Wildman–Crippen MR) is 106 cm³/mol. The summed E-state index contributed by atoms with van der Waals surface area (Å²) in [5, 5.41) is 3.21. The molecule has 1 fully saturated rings. The lowest BCUT2D eigenvalue weighted by atomic mass is 10.2. The Morgan fingerprint density at radius 3 is 2.67 bits per heavy atom. The lowest BCUT2D eigenvalue weighted by molar-refractivity contribution is 0.249. The number of imidazole rings is 1. The molecule has 0 aliphatic carbocycles. The summed E-state index contributed by atoms with van der Waals surface area (Å²) >= 11 is 1.72. The van der Waals surface area contributed by atoms with Gasteiger partial charge >= 0.3 is 0 Å². The van der Waals surface area contributed by atoms with E-state index in [9.17, 15) is 0 Å². The smallest absolute Gasteiger partial charge is 0.180 e. The van der Waals surface area contributed by atoms with Crippen molar-refractivity contribution in [1.82, 2.24) is 29.2 Å². The van der Waals surface area contributed by atoms with E-state index in [1.54, 1.807) is 17.5 Å². The van der Waals surface area contributed by atoms with Crippen LogP contribution in [0.25, 0.3) is 16.9 Å². The summed E-state index contributed by atoms with van der Waals surface area (Å²) in [6.45, 7) is 4.80. The van der Waals surface area contributed by atoms with Crippen LogP contribution in [-0.2, 0) is 6.54 Å². The molecule has 27 heavy (non-hydrogen) atoms. The highest BCUT2D eigenvalue weighted by Gasteiger charge is 2.22. The highest BCUT2D eigenvalue weighted by atomic mass is 32.1. The number of anilines is 1. The molecule has 0 radical (unpaired) electrons. The molecule has 5 rings (SSSR count). The molecule has 1 aliphatic heterocycles. The number of rotatable bonds is 4. The normalized spacial score (nSPS) is 15.5. The van der Waals surface area contributed by atoms with Crippen molar-refractivity contribution in [3.05, 3.63) is 59.7 Å². The van der Waals surface area contributed by atoms with Gasteiger partial charge in [-0.3, -0.25) is 14.3 Å². The minimum atomic E-state index is 0.893. The standard InChI is InChI=1S/C19H19N7S/c1-2-15(12-20-3-1)16-13-23-19-18(22-4-6-26(16)19)25-9-7-24(8-10-25)14-17-21-5-11-27-17/h1-6,11-13H,7-10,14H2. The Balaban J connectivity index is 1.37. The number of aromatic nitrogens is 5. The van der Waals surface area contributed by atoms with Gasteiger partial charge in [0.2, 0.25) is 0 Å². The highest BCUT2D eigenvalue weighted by Crippen LogP contribution is 2.25. The van der Waals surface area contributed by atoms with Crippen LogP contribution in [0, 0.1) is 0 Å². The minimum Gasteiger partial charge on any atom is -0.351 e. The quantitative estimate of drug-likeness (QED) is 0.545. The monoisotopic (exact) mass is 377 g/mol. The average Bonchev–Trinajstić information content (AvgIpc) is 3.39. The van der Waals surface area contributed by atoms with Crippen LogP contribution < -0.4 is 4.90 Å². The molecule has 7 nitrogen and oxygen atoms in total. The lowest BCUT2D eigenvalue weighted by Gasteiger charge is -2.34. The van der Waals surface area contributed by atoms with Crippen LogP contribution in [-0.4, -0.2) is 55.4 Å². The number of pyridine rings is 1. The van der Waals surface area contributed by atoms with Crippen molar-refractivity contribution >= 4 is 22.8 Å². The molecule has 0 N–H and O–H groups in total. The summed E-state index contributed by atoms with van der Waals surface area (Å²) in [5.74, 6) is 0.946. The molecular formula is C19H19N7S. The van der Waals surface area contributed by atoms with E-state index in [1.807, 2.05) is 48.5 Å². The van der Waals surface area contributed by atoms with Crippen molar-refractivity contribution in [2.45, 2.75) is 6.54 Å². The van der Waals surface area contributed by atoms with Gasteiger partial charge in [0.25, 0.3) is 0 Å². The zero-order valence-electron chi connectivity index (χ0n) is 14.8. The third-order valence-electron chi connectivity index (χ3n) is 4.88. The number of thiazole rings is 1. The first-order chi connectivity index (χ1) is 13.4. The second-order valence-corrected chi connectivity index (χ2v) is 7.50. The van der Waals surface area contributed by atoms with Gasteiger partial charge in [-0.25, -0.2) is 15.0 Å². The van der Waals surface area contributed by atoms with Gasteiger partial charge in [0.1, 0.15) is 5.01 Å². The van der Waals surface area contributed by atoms with E-state index in [2.05, 4.69) is 34.1 Å². The van der Waals surface area contributed by atoms with Crippen LogP contribution in [0.2, 0.25) is 0 Å².